The Hall–Kier alpha value is -1.30. The number of nitrogens with one attached hydrogen (secondary N) is 3. The fourth-order valence-electron chi connectivity index (χ4n) is 2.98. The molecule has 0 aliphatic carbocycles. The first-order valence-electron chi connectivity index (χ1n) is 9.35. The van der Waals surface area contributed by atoms with Crippen LogP contribution in [0.3, 0.4) is 0 Å². The van der Waals surface area contributed by atoms with Crippen LogP contribution in [0, 0.1) is 5.41 Å². The van der Waals surface area contributed by atoms with E-state index in [0.29, 0.717) is 13.1 Å². The first-order valence-corrected chi connectivity index (χ1v) is 9.35. The second-order valence-corrected chi connectivity index (χ2v) is 7.53. The molecule has 1 saturated heterocycles. The standard InChI is InChI=1S/C18H37N5O/c1-6-15-9-7-8-13-23(15)14-12-22-17(19-5)21-11-10-20-16(24)18(2,3)4/h15H,6-14H2,1-5H3,(H,20,24)(H2,19,21,22). The van der Waals surface area contributed by atoms with Gasteiger partial charge in [-0.3, -0.25) is 14.7 Å². The maximum atomic E-state index is 11.8. The maximum Gasteiger partial charge on any atom is 0.225 e. The Morgan fingerprint density at radius 2 is 1.79 bits per heavy atom. The molecule has 0 radical (unpaired) electrons. The zero-order valence-electron chi connectivity index (χ0n) is 16.2. The van der Waals surface area contributed by atoms with Gasteiger partial charge in [-0.1, -0.05) is 34.1 Å². The number of carbonyl (C=O) groups excluding carboxylic acids is 1. The minimum Gasteiger partial charge on any atom is -0.355 e. The zero-order valence-corrected chi connectivity index (χ0v) is 16.2. The van der Waals surface area contributed by atoms with Crippen LogP contribution in [0.2, 0.25) is 0 Å². The lowest BCUT2D eigenvalue weighted by molar-refractivity contribution is -0.128. The van der Waals surface area contributed by atoms with E-state index in [9.17, 15) is 4.79 Å². The van der Waals surface area contributed by atoms with Gasteiger partial charge >= 0.3 is 0 Å². The Morgan fingerprint density at radius 3 is 2.42 bits per heavy atom. The van der Waals surface area contributed by atoms with Gasteiger partial charge in [-0.15, -0.1) is 0 Å². The van der Waals surface area contributed by atoms with Gasteiger partial charge in [0.2, 0.25) is 5.91 Å². The minimum absolute atomic E-state index is 0.0722. The first-order chi connectivity index (χ1) is 11.4. The Morgan fingerprint density at radius 1 is 1.12 bits per heavy atom. The van der Waals surface area contributed by atoms with Crippen molar-refractivity contribution in [1.82, 2.24) is 20.9 Å². The summed E-state index contributed by atoms with van der Waals surface area (Å²) in [6.07, 6.45) is 5.25. The van der Waals surface area contributed by atoms with Crippen LogP contribution < -0.4 is 16.0 Å². The Balaban J connectivity index is 2.20. The number of hydrogen-bond donors (Lipinski definition) is 3. The Labute approximate surface area is 147 Å². The van der Waals surface area contributed by atoms with E-state index in [2.05, 4.69) is 32.8 Å². The molecule has 1 amide bonds. The summed E-state index contributed by atoms with van der Waals surface area (Å²) in [4.78, 5) is 18.6. The van der Waals surface area contributed by atoms with E-state index in [1.54, 1.807) is 7.05 Å². The van der Waals surface area contributed by atoms with Crippen molar-refractivity contribution in [3.63, 3.8) is 0 Å². The van der Waals surface area contributed by atoms with Crippen LogP contribution in [0.25, 0.3) is 0 Å². The zero-order chi connectivity index (χ0) is 18.0. The fraction of sp³-hybridized carbons (Fsp3) is 0.889. The van der Waals surface area contributed by atoms with E-state index < -0.39 is 0 Å². The molecular weight excluding hydrogens is 302 g/mol. The smallest absolute Gasteiger partial charge is 0.225 e. The van der Waals surface area contributed by atoms with E-state index in [-0.39, 0.29) is 11.3 Å². The highest BCUT2D eigenvalue weighted by Crippen LogP contribution is 2.18. The van der Waals surface area contributed by atoms with Gasteiger partial charge in [0.15, 0.2) is 5.96 Å². The molecule has 1 fully saturated rings. The summed E-state index contributed by atoms with van der Waals surface area (Å²) in [6, 6.07) is 0.739. The van der Waals surface area contributed by atoms with Crippen molar-refractivity contribution in [2.45, 2.75) is 59.4 Å². The molecule has 24 heavy (non-hydrogen) atoms. The summed E-state index contributed by atoms with van der Waals surface area (Å²) in [5.41, 5.74) is -0.343. The molecule has 140 valence electrons. The predicted molar refractivity (Wildman–Crippen MR) is 101 cm³/mol. The number of amides is 1. The van der Waals surface area contributed by atoms with E-state index in [0.717, 1.165) is 25.1 Å². The molecule has 0 bridgehead atoms. The molecule has 1 rings (SSSR count). The molecule has 1 aliphatic heterocycles. The van der Waals surface area contributed by atoms with Crippen LogP contribution in [0.5, 0.6) is 0 Å². The van der Waals surface area contributed by atoms with Crippen LogP contribution in [0.15, 0.2) is 4.99 Å². The van der Waals surface area contributed by atoms with Gasteiger partial charge in [0, 0.05) is 44.7 Å². The molecule has 1 unspecified atom stereocenters. The number of hydrogen-bond acceptors (Lipinski definition) is 3. The third-order valence-corrected chi connectivity index (χ3v) is 4.52. The van der Waals surface area contributed by atoms with Gasteiger partial charge in [0.1, 0.15) is 0 Å². The average Bonchev–Trinajstić information content (AvgIpc) is 2.56. The number of piperidine rings is 1. The average molecular weight is 340 g/mol. The lowest BCUT2D eigenvalue weighted by atomic mass is 9.96. The van der Waals surface area contributed by atoms with E-state index in [4.69, 9.17) is 0 Å². The second-order valence-electron chi connectivity index (χ2n) is 7.53. The summed E-state index contributed by atoms with van der Waals surface area (Å²) >= 11 is 0. The van der Waals surface area contributed by atoms with Crippen LogP contribution >= 0.6 is 0 Å². The SMILES string of the molecule is CCC1CCCCN1CCNC(=NC)NCCNC(=O)C(C)(C)C. The summed E-state index contributed by atoms with van der Waals surface area (Å²) in [5.74, 6) is 0.869. The molecule has 0 aromatic heterocycles. The Kier molecular flexibility index (Phi) is 9.11. The molecule has 0 saturated carbocycles. The molecule has 6 heteroatoms. The summed E-state index contributed by atoms with van der Waals surface area (Å²) in [6.45, 7) is 12.5. The normalized spacial score (nSPS) is 19.9. The fourth-order valence-corrected chi connectivity index (χ4v) is 2.98. The predicted octanol–water partition coefficient (Wildman–Crippen LogP) is 1.58. The molecule has 3 N–H and O–H groups in total. The van der Waals surface area contributed by atoms with Crippen molar-refractivity contribution in [3.8, 4) is 0 Å². The molecule has 1 heterocycles. The largest absolute Gasteiger partial charge is 0.355 e. The lowest BCUT2D eigenvalue weighted by Crippen LogP contribution is -2.47. The van der Waals surface area contributed by atoms with Crippen molar-refractivity contribution < 1.29 is 4.79 Å². The Bertz CT molecular complexity index is 403. The summed E-state index contributed by atoms with van der Waals surface area (Å²) in [5, 5.41) is 9.54. The quantitative estimate of drug-likeness (QED) is 0.374. The van der Waals surface area contributed by atoms with E-state index in [1.165, 1.54) is 32.2 Å². The molecule has 0 aromatic carbocycles. The number of likely N-dealkylation sites (tertiary alicyclic amines) is 1. The van der Waals surface area contributed by atoms with Crippen molar-refractivity contribution in [1.29, 1.82) is 0 Å². The van der Waals surface area contributed by atoms with Crippen LogP contribution in [-0.2, 0) is 4.79 Å². The summed E-state index contributed by atoms with van der Waals surface area (Å²) < 4.78 is 0. The van der Waals surface area contributed by atoms with Gasteiger partial charge < -0.3 is 16.0 Å². The lowest BCUT2D eigenvalue weighted by Gasteiger charge is -2.35. The highest BCUT2D eigenvalue weighted by molar-refractivity contribution is 5.81. The van der Waals surface area contributed by atoms with Crippen molar-refractivity contribution in [2.24, 2.45) is 10.4 Å². The molecular formula is C18H37N5O. The van der Waals surface area contributed by atoms with Crippen molar-refractivity contribution >= 4 is 11.9 Å². The molecule has 0 spiro atoms. The number of carbonyl (C=O) groups is 1. The summed E-state index contributed by atoms with van der Waals surface area (Å²) in [7, 11) is 1.78. The minimum atomic E-state index is -0.343. The van der Waals surface area contributed by atoms with Gasteiger partial charge in [-0.25, -0.2) is 0 Å². The van der Waals surface area contributed by atoms with Gasteiger partial charge in [-0.05, 0) is 25.8 Å². The number of guanidine groups is 1. The number of nitrogens with zero attached hydrogens (tertiary/aromatic N) is 2. The van der Waals surface area contributed by atoms with Gasteiger partial charge in [0.25, 0.3) is 0 Å². The van der Waals surface area contributed by atoms with E-state index >= 15 is 0 Å². The monoisotopic (exact) mass is 339 g/mol. The van der Waals surface area contributed by atoms with Crippen LogP contribution in [0.1, 0.15) is 53.4 Å². The molecule has 0 aromatic rings. The third kappa shape index (κ3) is 7.51. The maximum absolute atomic E-state index is 11.8. The van der Waals surface area contributed by atoms with Gasteiger partial charge in [-0.2, -0.15) is 0 Å². The molecule has 1 atom stereocenters. The van der Waals surface area contributed by atoms with Crippen LogP contribution in [0.4, 0.5) is 0 Å². The van der Waals surface area contributed by atoms with Gasteiger partial charge in [0.05, 0.1) is 0 Å². The topological polar surface area (TPSA) is 68.8 Å². The first kappa shape index (κ1) is 20.7. The van der Waals surface area contributed by atoms with Crippen molar-refractivity contribution in [3.05, 3.63) is 0 Å². The highest BCUT2D eigenvalue weighted by Gasteiger charge is 2.21. The third-order valence-electron chi connectivity index (χ3n) is 4.52. The van der Waals surface area contributed by atoms with E-state index in [1.807, 2.05) is 20.8 Å². The molecule has 6 nitrogen and oxygen atoms in total. The van der Waals surface area contributed by atoms with Crippen molar-refractivity contribution in [2.75, 3.05) is 39.8 Å². The number of aliphatic imine (C=N–C) groups is 1. The number of rotatable bonds is 7. The highest BCUT2D eigenvalue weighted by atomic mass is 16.2. The second kappa shape index (κ2) is 10.5. The molecule has 1 aliphatic rings. The van der Waals surface area contributed by atoms with Crippen LogP contribution in [-0.4, -0.2) is 62.6 Å².